The van der Waals surface area contributed by atoms with Crippen LogP contribution in [0.4, 0.5) is 0 Å². The fourth-order valence-corrected chi connectivity index (χ4v) is 1.99. The van der Waals surface area contributed by atoms with E-state index in [4.69, 9.17) is 4.42 Å². The molecule has 3 rings (SSSR count). The summed E-state index contributed by atoms with van der Waals surface area (Å²) in [5.41, 5.74) is 0.193. The Morgan fingerprint density at radius 2 is 2.00 bits per heavy atom. The Labute approximate surface area is 108 Å². The molecule has 5 heteroatoms. The van der Waals surface area contributed by atoms with Gasteiger partial charge in [-0.15, -0.1) is 0 Å². The van der Waals surface area contributed by atoms with E-state index in [1.54, 1.807) is 37.3 Å². The maximum atomic E-state index is 12.3. The first-order valence-electron chi connectivity index (χ1n) is 5.75. The summed E-state index contributed by atoms with van der Waals surface area (Å²) in [5, 5.41) is 0.410. The van der Waals surface area contributed by atoms with E-state index in [2.05, 4.69) is 4.98 Å². The summed E-state index contributed by atoms with van der Waals surface area (Å²) in [6.45, 7) is 1.62. The molecular weight excluding hydrogens is 244 g/mol. The van der Waals surface area contributed by atoms with Crippen LogP contribution in [-0.4, -0.2) is 15.5 Å². The summed E-state index contributed by atoms with van der Waals surface area (Å²) < 4.78 is 6.06. The number of aryl methyl sites for hydroxylation is 1. The van der Waals surface area contributed by atoms with E-state index < -0.39 is 5.91 Å². The largest absolute Gasteiger partial charge is 0.459 e. The zero-order valence-corrected chi connectivity index (χ0v) is 10.2. The van der Waals surface area contributed by atoms with Gasteiger partial charge in [0.05, 0.1) is 17.2 Å². The van der Waals surface area contributed by atoms with Gasteiger partial charge in [-0.3, -0.25) is 9.59 Å². The van der Waals surface area contributed by atoms with Crippen LogP contribution in [0, 0.1) is 6.92 Å². The third-order valence-electron chi connectivity index (χ3n) is 2.88. The van der Waals surface area contributed by atoms with Crippen molar-refractivity contribution in [2.45, 2.75) is 6.92 Å². The molecule has 5 nitrogen and oxygen atoms in total. The molecule has 0 aliphatic carbocycles. The molecule has 0 bridgehead atoms. The predicted molar refractivity (Wildman–Crippen MR) is 69.2 cm³/mol. The van der Waals surface area contributed by atoms with E-state index >= 15 is 0 Å². The molecule has 0 N–H and O–H groups in total. The van der Waals surface area contributed by atoms with Gasteiger partial charge in [0.25, 0.3) is 5.56 Å². The molecule has 2 heterocycles. The van der Waals surface area contributed by atoms with E-state index in [1.807, 2.05) is 0 Å². The number of furan rings is 1. The Balaban J connectivity index is 2.30. The first-order valence-corrected chi connectivity index (χ1v) is 5.75. The third kappa shape index (κ3) is 1.76. The van der Waals surface area contributed by atoms with Crippen molar-refractivity contribution in [2.75, 3.05) is 0 Å². The second-order valence-corrected chi connectivity index (χ2v) is 4.10. The van der Waals surface area contributed by atoms with Gasteiger partial charge in [0.1, 0.15) is 5.82 Å². The van der Waals surface area contributed by atoms with Crippen LogP contribution in [0.1, 0.15) is 16.4 Å². The fourth-order valence-electron chi connectivity index (χ4n) is 1.99. The highest BCUT2D eigenvalue weighted by Gasteiger charge is 2.17. The van der Waals surface area contributed by atoms with Gasteiger partial charge in [0, 0.05) is 0 Å². The molecule has 19 heavy (non-hydrogen) atoms. The minimum absolute atomic E-state index is 0.113. The van der Waals surface area contributed by atoms with Crippen molar-refractivity contribution >= 4 is 16.8 Å². The number of nitrogens with zero attached hydrogens (tertiary/aromatic N) is 2. The van der Waals surface area contributed by atoms with Crippen molar-refractivity contribution < 1.29 is 9.21 Å². The third-order valence-corrected chi connectivity index (χ3v) is 2.88. The van der Waals surface area contributed by atoms with Crippen molar-refractivity contribution in [1.29, 1.82) is 0 Å². The van der Waals surface area contributed by atoms with Crippen LogP contribution in [-0.2, 0) is 0 Å². The minimum Gasteiger partial charge on any atom is -0.459 e. The molecule has 0 radical (unpaired) electrons. The van der Waals surface area contributed by atoms with Crippen LogP contribution in [0.15, 0.2) is 51.9 Å². The van der Waals surface area contributed by atoms with E-state index in [1.165, 1.54) is 12.3 Å². The highest BCUT2D eigenvalue weighted by Crippen LogP contribution is 2.09. The van der Waals surface area contributed by atoms with Crippen molar-refractivity contribution in [3.8, 4) is 0 Å². The van der Waals surface area contributed by atoms with Crippen molar-refractivity contribution in [3.63, 3.8) is 0 Å². The Bertz CT molecular complexity index is 816. The van der Waals surface area contributed by atoms with E-state index in [0.29, 0.717) is 16.7 Å². The SMILES string of the molecule is Cc1nc2ccccc2c(=O)n1C(=O)c1ccco1. The molecule has 0 spiro atoms. The second-order valence-electron chi connectivity index (χ2n) is 4.10. The quantitative estimate of drug-likeness (QED) is 0.666. The molecular formula is C14H10N2O3. The summed E-state index contributed by atoms with van der Waals surface area (Å²) in [7, 11) is 0. The van der Waals surface area contributed by atoms with E-state index in [9.17, 15) is 9.59 Å². The van der Waals surface area contributed by atoms with E-state index in [-0.39, 0.29) is 11.3 Å². The van der Waals surface area contributed by atoms with Crippen LogP contribution >= 0.6 is 0 Å². The van der Waals surface area contributed by atoms with Crippen LogP contribution in [0.2, 0.25) is 0 Å². The lowest BCUT2D eigenvalue weighted by atomic mass is 10.2. The second kappa shape index (κ2) is 4.20. The number of hydrogen-bond acceptors (Lipinski definition) is 4. The van der Waals surface area contributed by atoms with Gasteiger partial charge in [-0.2, -0.15) is 0 Å². The van der Waals surface area contributed by atoms with Crippen LogP contribution in [0.5, 0.6) is 0 Å². The summed E-state index contributed by atoms with van der Waals surface area (Å²) in [5.74, 6) is -0.0573. The maximum Gasteiger partial charge on any atom is 0.301 e. The van der Waals surface area contributed by atoms with Crippen LogP contribution in [0.25, 0.3) is 10.9 Å². The minimum atomic E-state index is -0.509. The molecule has 0 aliphatic heterocycles. The Hall–Kier alpha value is -2.69. The average molecular weight is 254 g/mol. The molecule has 0 saturated carbocycles. The van der Waals surface area contributed by atoms with Crippen LogP contribution in [0.3, 0.4) is 0 Å². The molecule has 94 valence electrons. The summed E-state index contributed by atoms with van der Waals surface area (Å²) in [6, 6.07) is 10.0. The molecule has 0 amide bonds. The molecule has 0 aliphatic rings. The first-order chi connectivity index (χ1) is 9.18. The summed E-state index contributed by atoms with van der Waals surface area (Å²) in [6.07, 6.45) is 1.39. The monoisotopic (exact) mass is 254 g/mol. The lowest BCUT2D eigenvalue weighted by Gasteiger charge is -2.07. The van der Waals surface area contributed by atoms with Crippen molar-refractivity contribution in [3.05, 3.63) is 64.6 Å². The molecule has 2 aromatic heterocycles. The first kappa shape index (κ1) is 11.4. The molecule has 0 unspecified atom stereocenters. The molecule has 3 aromatic rings. The van der Waals surface area contributed by atoms with Crippen LogP contribution < -0.4 is 5.56 Å². The summed E-state index contributed by atoms with van der Waals surface area (Å²) in [4.78, 5) is 28.8. The number of carbonyl (C=O) groups is 1. The molecule has 0 fully saturated rings. The van der Waals surface area contributed by atoms with Gasteiger partial charge in [0.15, 0.2) is 5.76 Å². The highest BCUT2D eigenvalue weighted by atomic mass is 16.3. The van der Waals surface area contributed by atoms with E-state index in [0.717, 1.165) is 4.57 Å². The fraction of sp³-hybridized carbons (Fsp3) is 0.0714. The highest BCUT2D eigenvalue weighted by molar-refractivity contribution is 5.95. The lowest BCUT2D eigenvalue weighted by molar-refractivity contribution is 0.0925. The number of aromatic nitrogens is 2. The zero-order chi connectivity index (χ0) is 13.4. The Morgan fingerprint density at radius 3 is 2.74 bits per heavy atom. The number of hydrogen-bond donors (Lipinski definition) is 0. The van der Waals surface area contributed by atoms with Gasteiger partial charge < -0.3 is 4.42 Å². The smallest absolute Gasteiger partial charge is 0.301 e. The summed E-state index contributed by atoms with van der Waals surface area (Å²) >= 11 is 0. The maximum absolute atomic E-state index is 12.3. The molecule has 1 aromatic carbocycles. The van der Waals surface area contributed by atoms with Gasteiger partial charge in [-0.25, -0.2) is 9.55 Å². The standard InChI is InChI=1S/C14H10N2O3/c1-9-15-11-6-3-2-5-10(11)13(17)16(9)14(18)12-7-4-8-19-12/h2-8H,1H3. The lowest BCUT2D eigenvalue weighted by Crippen LogP contribution is -2.30. The van der Waals surface area contributed by atoms with Gasteiger partial charge in [-0.1, -0.05) is 12.1 Å². The molecule has 0 atom stereocenters. The van der Waals surface area contributed by atoms with Crippen molar-refractivity contribution in [2.24, 2.45) is 0 Å². The Morgan fingerprint density at radius 1 is 1.21 bits per heavy atom. The average Bonchev–Trinajstić information content (AvgIpc) is 2.92. The number of carbonyl (C=O) groups excluding carboxylic acids is 1. The topological polar surface area (TPSA) is 65.1 Å². The number of fused-ring (bicyclic) bond motifs is 1. The van der Waals surface area contributed by atoms with Gasteiger partial charge >= 0.3 is 5.91 Å². The number of rotatable bonds is 1. The van der Waals surface area contributed by atoms with Gasteiger partial charge in [0.2, 0.25) is 0 Å². The normalized spacial score (nSPS) is 10.8. The zero-order valence-electron chi connectivity index (χ0n) is 10.2. The Kier molecular flexibility index (Phi) is 2.52. The number of benzene rings is 1. The molecule has 0 saturated heterocycles. The predicted octanol–water partition coefficient (Wildman–Crippen LogP) is 1.99. The number of para-hydroxylation sites is 1. The van der Waals surface area contributed by atoms with Crippen molar-refractivity contribution in [1.82, 2.24) is 9.55 Å². The van der Waals surface area contributed by atoms with Gasteiger partial charge in [-0.05, 0) is 31.2 Å².